The van der Waals surface area contributed by atoms with E-state index in [0.717, 1.165) is 0 Å². The van der Waals surface area contributed by atoms with Crippen molar-refractivity contribution in [2.45, 2.75) is 26.2 Å². The summed E-state index contributed by atoms with van der Waals surface area (Å²) in [6.45, 7) is 6.85. The van der Waals surface area contributed by atoms with E-state index < -0.39 is 0 Å². The fourth-order valence-corrected chi connectivity index (χ4v) is 7.96. The summed E-state index contributed by atoms with van der Waals surface area (Å²) in [5, 5.41) is 10.8. The molecule has 0 atom stereocenters. The molecule has 0 bridgehead atoms. The molecule has 0 fully saturated rings. The molecule has 0 aliphatic rings. The number of nitrogens with zero attached hydrogens (tertiary/aromatic N) is 2. The second kappa shape index (κ2) is 7.40. The van der Waals surface area contributed by atoms with E-state index in [0.29, 0.717) is 0 Å². The van der Waals surface area contributed by atoms with Crippen molar-refractivity contribution in [3.8, 4) is 11.1 Å². The van der Waals surface area contributed by atoms with Crippen LogP contribution in [0, 0.1) is 0 Å². The highest BCUT2D eigenvalue weighted by Gasteiger charge is 2.29. The van der Waals surface area contributed by atoms with Crippen molar-refractivity contribution in [2.24, 2.45) is 0 Å². The van der Waals surface area contributed by atoms with Gasteiger partial charge in [-0.2, -0.15) is 0 Å². The molecule has 4 heterocycles. The molecule has 198 valence electrons. The molecule has 10 rings (SSSR count). The van der Waals surface area contributed by atoms with Gasteiger partial charge in [-0.25, -0.2) is 0 Å². The Hall–Kier alpha value is -5.08. The van der Waals surface area contributed by atoms with Gasteiger partial charge in [-0.3, -0.25) is 0 Å². The molecule has 2 heteroatoms. The van der Waals surface area contributed by atoms with E-state index in [1.54, 1.807) is 0 Å². The highest BCUT2D eigenvalue weighted by atomic mass is 14.9. The van der Waals surface area contributed by atoms with Crippen LogP contribution in [0.2, 0.25) is 0 Å². The van der Waals surface area contributed by atoms with Gasteiger partial charge in [0.1, 0.15) is 0 Å². The zero-order valence-electron chi connectivity index (χ0n) is 23.9. The number of para-hydroxylation sites is 3. The highest BCUT2D eigenvalue weighted by Crippen LogP contribution is 2.52. The molecule has 0 aliphatic carbocycles. The molecule has 4 aromatic heterocycles. The lowest BCUT2D eigenvalue weighted by atomic mass is 9.86. The summed E-state index contributed by atoms with van der Waals surface area (Å²) in [4.78, 5) is 0. The van der Waals surface area contributed by atoms with E-state index in [-0.39, 0.29) is 5.41 Å². The van der Waals surface area contributed by atoms with Crippen molar-refractivity contribution in [2.75, 3.05) is 0 Å². The van der Waals surface area contributed by atoms with Crippen LogP contribution >= 0.6 is 0 Å². The van der Waals surface area contributed by atoms with Crippen LogP contribution in [-0.2, 0) is 5.41 Å². The Morgan fingerprint density at radius 3 is 1.40 bits per heavy atom. The highest BCUT2D eigenvalue weighted by molar-refractivity contribution is 6.45. The van der Waals surface area contributed by atoms with Crippen molar-refractivity contribution in [3.63, 3.8) is 0 Å². The lowest BCUT2D eigenvalue weighted by Gasteiger charge is -2.19. The maximum atomic E-state index is 2.55. The maximum absolute atomic E-state index is 2.55. The Morgan fingerprint density at radius 1 is 0.405 bits per heavy atom. The number of fused-ring (bicyclic) bond motifs is 14. The van der Waals surface area contributed by atoms with E-state index >= 15 is 0 Å². The first kappa shape index (κ1) is 22.6. The molecule has 42 heavy (non-hydrogen) atoms. The molecular weight excluding hydrogens is 508 g/mol. The smallest absolute Gasteiger partial charge is 0.0634 e. The number of rotatable bonds is 1. The van der Waals surface area contributed by atoms with Gasteiger partial charge >= 0.3 is 0 Å². The van der Waals surface area contributed by atoms with E-state index in [2.05, 4.69) is 145 Å². The Labute approximate surface area is 242 Å². The quantitative estimate of drug-likeness (QED) is 0.197. The minimum atomic E-state index is 0.120. The Balaban J connectivity index is 1.54. The third-order valence-corrected chi connectivity index (χ3v) is 9.73. The minimum Gasteiger partial charge on any atom is -0.308 e. The molecule has 0 saturated heterocycles. The lowest BCUT2D eigenvalue weighted by Crippen LogP contribution is -2.10. The van der Waals surface area contributed by atoms with Crippen molar-refractivity contribution < 1.29 is 0 Å². The second-order valence-electron chi connectivity index (χ2n) is 12.9. The molecule has 0 spiro atoms. The largest absolute Gasteiger partial charge is 0.308 e. The van der Waals surface area contributed by atoms with Crippen LogP contribution in [0.25, 0.3) is 87.3 Å². The lowest BCUT2D eigenvalue weighted by molar-refractivity contribution is 0.590. The van der Waals surface area contributed by atoms with Crippen molar-refractivity contribution in [1.82, 2.24) is 8.80 Å². The Morgan fingerprint density at radius 2 is 0.857 bits per heavy atom. The van der Waals surface area contributed by atoms with Crippen molar-refractivity contribution >= 4 is 76.2 Å². The number of hydrogen-bond acceptors (Lipinski definition) is 0. The van der Waals surface area contributed by atoms with E-state index in [1.807, 2.05) is 0 Å². The van der Waals surface area contributed by atoms with Crippen LogP contribution in [0.4, 0.5) is 0 Å². The third kappa shape index (κ3) is 2.53. The van der Waals surface area contributed by atoms with Gasteiger partial charge in [0.15, 0.2) is 0 Å². The molecule has 0 saturated carbocycles. The number of hydrogen-bond donors (Lipinski definition) is 0. The fourth-order valence-electron chi connectivity index (χ4n) is 7.96. The number of aromatic nitrogens is 2. The van der Waals surface area contributed by atoms with Crippen molar-refractivity contribution in [3.05, 3.63) is 121 Å². The van der Waals surface area contributed by atoms with Crippen LogP contribution in [0.15, 0.2) is 115 Å². The molecule has 0 N–H and O–H groups in total. The third-order valence-electron chi connectivity index (χ3n) is 9.73. The summed E-state index contributed by atoms with van der Waals surface area (Å²) in [7, 11) is 0. The predicted octanol–water partition coefficient (Wildman–Crippen LogP) is 11.0. The van der Waals surface area contributed by atoms with Gasteiger partial charge in [-0.15, -0.1) is 0 Å². The van der Waals surface area contributed by atoms with E-state index in [4.69, 9.17) is 0 Å². The fraction of sp³-hybridized carbons (Fsp3) is 0.100. The topological polar surface area (TPSA) is 8.82 Å². The van der Waals surface area contributed by atoms with Crippen LogP contribution in [0.1, 0.15) is 26.3 Å². The van der Waals surface area contributed by atoms with Gasteiger partial charge < -0.3 is 8.80 Å². The standard InChI is InChI=1S/C40H28N2/c1-40(2,3)24-21-19-23(20-22-24)25-14-10-18-32-33(25)37-36-28-13-6-8-16-30(28)41-29-15-7-4-11-26(29)34(38(36)41)35-27-12-5-9-17-31(27)42(32)39(35)37/h4-22H,1-3H3. The summed E-state index contributed by atoms with van der Waals surface area (Å²) in [5.74, 6) is 0. The average molecular weight is 537 g/mol. The molecular formula is C40H28N2. The van der Waals surface area contributed by atoms with Gasteiger partial charge in [0, 0.05) is 43.1 Å². The molecule has 6 aromatic carbocycles. The molecule has 2 nitrogen and oxygen atoms in total. The van der Waals surface area contributed by atoms with Gasteiger partial charge in [0.25, 0.3) is 0 Å². The minimum absolute atomic E-state index is 0.120. The van der Waals surface area contributed by atoms with Gasteiger partial charge in [-0.1, -0.05) is 112 Å². The predicted molar refractivity (Wildman–Crippen MR) is 180 cm³/mol. The molecule has 0 amide bonds. The number of benzene rings is 6. The van der Waals surface area contributed by atoms with Gasteiger partial charge in [0.2, 0.25) is 0 Å². The zero-order valence-corrected chi connectivity index (χ0v) is 23.9. The maximum Gasteiger partial charge on any atom is 0.0634 e. The summed E-state index contributed by atoms with van der Waals surface area (Å²) >= 11 is 0. The first-order valence-electron chi connectivity index (χ1n) is 14.9. The summed E-state index contributed by atoms with van der Waals surface area (Å²) in [5.41, 5.74) is 11.8. The van der Waals surface area contributed by atoms with Crippen LogP contribution in [0.5, 0.6) is 0 Å². The van der Waals surface area contributed by atoms with E-state index in [1.165, 1.54) is 92.9 Å². The molecule has 0 unspecified atom stereocenters. The van der Waals surface area contributed by atoms with Crippen LogP contribution in [-0.4, -0.2) is 8.80 Å². The molecule has 0 radical (unpaired) electrons. The average Bonchev–Trinajstić information content (AvgIpc) is 3.73. The summed E-state index contributed by atoms with van der Waals surface area (Å²) in [6.07, 6.45) is 0. The van der Waals surface area contributed by atoms with E-state index in [9.17, 15) is 0 Å². The monoisotopic (exact) mass is 536 g/mol. The summed E-state index contributed by atoms with van der Waals surface area (Å²) < 4.78 is 5.07. The second-order valence-corrected chi connectivity index (χ2v) is 12.9. The zero-order chi connectivity index (χ0) is 27.9. The van der Waals surface area contributed by atoms with Gasteiger partial charge in [0.05, 0.1) is 33.1 Å². The first-order chi connectivity index (χ1) is 20.5. The normalized spacial score (nSPS) is 13.1. The summed E-state index contributed by atoms with van der Waals surface area (Å²) in [6, 6.07) is 43.0. The molecule has 0 aliphatic heterocycles. The van der Waals surface area contributed by atoms with Crippen molar-refractivity contribution in [1.29, 1.82) is 0 Å². The van der Waals surface area contributed by atoms with Crippen LogP contribution < -0.4 is 0 Å². The van der Waals surface area contributed by atoms with Crippen LogP contribution in [0.3, 0.4) is 0 Å². The SMILES string of the molecule is CC(C)(C)c1ccc(-c2cccc3c2c2c4c5ccccc5n5c6ccccc6c(c6c7ccccc7n3c62)c45)cc1. The van der Waals surface area contributed by atoms with Gasteiger partial charge in [-0.05, 0) is 46.4 Å². The Kier molecular flexibility index (Phi) is 3.98. The Bertz CT molecular complexity index is 2690. The molecule has 10 aromatic rings. The first-order valence-corrected chi connectivity index (χ1v) is 14.9.